The van der Waals surface area contributed by atoms with Gasteiger partial charge in [0.15, 0.2) is 5.82 Å². The van der Waals surface area contributed by atoms with Crippen LogP contribution in [0.4, 0.5) is 35.1 Å². The number of hydrogen-bond donors (Lipinski definition) is 2. The van der Waals surface area contributed by atoms with Crippen molar-refractivity contribution in [3.8, 4) is 17.1 Å². The maximum atomic E-state index is 14.4. The van der Waals surface area contributed by atoms with Crippen molar-refractivity contribution in [3.05, 3.63) is 89.2 Å². The van der Waals surface area contributed by atoms with Gasteiger partial charge in [-0.25, -0.2) is 9.82 Å². The lowest BCUT2D eigenvalue weighted by atomic mass is 10.2. The highest BCUT2D eigenvalue weighted by Gasteiger charge is 2.30. The predicted octanol–water partition coefficient (Wildman–Crippen LogP) is 6.42. The number of anilines is 3. The van der Waals surface area contributed by atoms with Crippen molar-refractivity contribution in [1.82, 2.24) is 15.0 Å². The molecule has 0 unspecified atom stereocenters. The molecule has 4 rings (SSSR count). The Morgan fingerprint density at radius 3 is 2.23 bits per heavy atom. The number of alkyl halides is 3. The van der Waals surface area contributed by atoms with E-state index >= 15 is 0 Å². The van der Waals surface area contributed by atoms with Crippen LogP contribution in [0.5, 0.6) is 5.75 Å². The van der Waals surface area contributed by atoms with E-state index in [0.29, 0.717) is 16.3 Å². The molecule has 0 amide bonds. The molecule has 178 valence electrons. The molecule has 0 aliphatic carbocycles. The summed E-state index contributed by atoms with van der Waals surface area (Å²) >= 11 is 5.91. The number of ether oxygens (including phenoxy) is 1. The summed E-state index contributed by atoms with van der Waals surface area (Å²) in [6.07, 6.45) is -3.43. The van der Waals surface area contributed by atoms with Gasteiger partial charge in [0.1, 0.15) is 11.6 Å². The summed E-state index contributed by atoms with van der Waals surface area (Å²) < 4.78 is 55.0. The molecule has 3 aromatic carbocycles. The van der Waals surface area contributed by atoms with Gasteiger partial charge in [0, 0.05) is 10.7 Å². The molecule has 4 aromatic rings. The number of benzene rings is 3. The number of hydrazone groups is 1. The van der Waals surface area contributed by atoms with E-state index in [1.807, 2.05) is 0 Å². The van der Waals surface area contributed by atoms with E-state index in [2.05, 4.69) is 35.5 Å². The largest absolute Gasteiger partial charge is 0.573 e. The highest BCUT2D eigenvalue weighted by atomic mass is 35.5. The van der Waals surface area contributed by atoms with Crippen molar-refractivity contribution in [1.29, 1.82) is 0 Å². The van der Waals surface area contributed by atoms with E-state index in [4.69, 9.17) is 11.6 Å². The zero-order chi connectivity index (χ0) is 24.8. The Bertz CT molecular complexity index is 1330. The molecule has 35 heavy (non-hydrogen) atoms. The molecular formula is C23H15ClF4N6O. The molecule has 0 saturated heterocycles. The highest BCUT2D eigenvalue weighted by Crippen LogP contribution is 2.24. The third kappa shape index (κ3) is 6.87. The van der Waals surface area contributed by atoms with Crippen LogP contribution in [0.25, 0.3) is 11.4 Å². The summed E-state index contributed by atoms with van der Waals surface area (Å²) in [7, 11) is 0. The number of nitrogens with one attached hydrogen (secondary N) is 2. The van der Waals surface area contributed by atoms with Crippen molar-refractivity contribution >= 4 is 35.4 Å². The Labute approximate surface area is 201 Å². The number of hydrogen-bond acceptors (Lipinski definition) is 7. The minimum absolute atomic E-state index is 0.00277. The standard InChI is InChI=1S/C23H15ClF4N6O/c24-15-7-9-16(10-8-15)30-21-31-20(18-3-1-2-4-19(18)25)32-22(33-21)34-29-13-14-5-11-17(12-6-14)35-23(26,27)28/h1-13H,(H2,30,31,32,33,34). The van der Waals surface area contributed by atoms with Crippen LogP contribution in [0.1, 0.15) is 5.56 Å². The summed E-state index contributed by atoms with van der Waals surface area (Å²) in [5, 5.41) is 7.55. The van der Waals surface area contributed by atoms with Crippen molar-refractivity contribution in [2.75, 3.05) is 10.7 Å². The number of halogens is 5. The fourth-order valence-corrected chi connectivity index (χ4v) is 2.95. The van der Waals surface area contributed by atoms with Gasteiger partial charge in [-0.15, -0.1) is 13.2 Å². The van der Waals surface area contributed by atoms with Gasteiger partial charge in [0.05, 0.1) is 11.8 Å². The van der Waals surface area contributed by atoms with E-state index in [1.54, 1.807) is 36.4 Å². The monoisotopic (exact) mass is 502 g/mol. The van der Waals surface area contributed by atoms with E-state index in [9.17, 15) is 17.6 Å². The second-order valence-corrected chi connectivity index (χ2v) is 7.34. The minimum Gasteiger partial charge on any atom is -0.406 e. The number of nitrogens with zero attached hydrogens (tertiary/aromatic N) is 4. The lowest BCUT2D eigenvalue weighted by molar-refractivity contribution is -0.274. The van der Waals surface area contributed by atoms with Crippen LogP contribution >= 0.6 is 11.6 Å². The van der Waals surface area contributed by atoms with Gasteiger partial charge in [-0.05, 0) is 66.2 Å². The maximum absolute atomic E-state index is 14.4. The molecule has 0 spiro atoms. The van der Waals surface area contributed by atoms with Gasteiger partial charge in [-0.1, -0.05) is 23.7 Å². The van der Waals surface area contributed by atoms with Crippen LogP contribution in [-0.4, -0.2) is 27.5 Å². The van der Waals surface area contributed by atoms with Crippen molar-refractivity contribution < 1.29 is 22.3 Å². The van der Waals surface area contributed by atoms with Crippen LogP contribution < -0.4 is 15.5 Å². The van der Waals surface area contributed by atoms with Crippen LogP contribution in [-0.2, 0) is 0 Å². The molecule has 12 heteroatoms. The molecule has 7 nitrogen and oxygen atoms in total. The zero-order valence-electron chi connectivity index (χ0n) is 17.6. The SMILES string of the molecule is Fc1ccccc1-c1nc(NN=Cc2ccc(OC(F)(F)F)cc2)nc(Nc2ccc(Cl)cc2)n1. The van der Waals surface area contributed by atoms with Gasteiger partial charge in [0.25, 0.3) is 0 Å². The molecular weight excluding hydrogens is 488 g/mol. The van der Waals surface area contributed by atoms with Crippen molar-refractivity contribution in [3.63, 3.8) is 0 Å². The Kier molecular flexibility index (Phi) is 7.06. The molecule has 0 saturated carbocycles. The van der Waals surface area contributed by atoms with Crippen molar-refractivity contribution in [2.24, 2.45) is 5.10 Å². The van der Waals surface area contributed by atoms with Gasteiger partial charge in [-0.2, -0.15) is 20.1 Å². The van der Waals surface area contributed by atoms with Gasteiger partial charge in [-0.3, -0.25) is 0 Å². The van der Waals surface area contributed by atoms with Crippen molar-refractivity contribution in [2.45, 2.75) is 6.36 Å². The Hall–Kier alpha value is -4.25. The summed E-state index contributed by atoms with van der Waals surface area (Å²) in [5.41, 5.74) is 3.89. The molecule has 2 N–H and O–H groups in total. The molecule has 1 aromatic heterocycles. The molecule has 0 fully saturated rings. The first-order chi connectivity index (χ1) is 16.7. The first kappa shape index (κ1) is 23.9. The predicted molar refractivity (Wildman–Crippen MR) is 124 cm³/mol. The summed E-state index contributed by atoms with van der Waals surface area (Å²) in [5.74, 6) is -0.699. The molecule has 0 aliphatic heterocycles. The van der Waals surface area contributed by atoms with Crippen LogP contribution in [0.15, 0.2) is 77.9 Å². The zero-order valence-corrected chi connectivity index (χ0v) is 18.3. The molecule has 0 bridgehead atoms. The van der Waals surface area contributed by atoms with Gasteiger partial charge in [0.2, 0.25) is 11.9 Å². The van der Waals surface area contributed by atoms with E-state index in [-0.39, 0.29) is 29.0 Å². The third-order valence-corrected chi connectivity index (χ3v) is 4.59. The first-order valence-electron chi connectivity index (χ1n) is 9.94. The molecule has 1 heterocycles. The average molecular weight is 503 g/mol. The van der Waals surface area contributed by atoms with Gasteiger partial charge < -0.3 is 10.1 Å². The summed E-state index contributed by atoms with van der Waals surface area (Å²) in [4.78, 5) is 12.7. The second-order valence-electron chi connectivity index (χ2n) is 6.90. The summed E-state index contributed by atoms with van der Waals surface area (Å²) in [6, 6.07) is 17.9. The number of rotatable bonds is 7. The topological polar surface area (TPSA) is 84.3 Å². The molecule has 0 radical (unpaired) electrons. The van der Waals surface area contributed by atoms with Crippen LogP contribution in [0.2, 0.25) is 5.02 Å². The quantitative estimate of drug-likeness (QED) is 0.172. The minimum atomic E-state index is -4.77. The molecule has 0 aliphatic rings. The fraction of sp³-hybridized carbons (Fsp3) is 0.0435. The average Bonchev–Trinajstić information content (AvgIpc) is 2.81. The summed E-state index contributed by atoms with van der Waals surface area (Å²) in [6.45, 7) is 0. The van der Waals surface area contributed by atoms with E-state index in [0.717, 1.165) is 12.1 Å². The lowest BCUT2D eigenvalue weighted by Gasteiger charge is -2.09. The van der Waals surface area contributed by atoms with E-state index in [1.165, 1.54) is 30.5 Å². The molecule has 0 atom stereocenters. The van der Waals surface area contributed by atoms with E-state index < -0.39 is 12.2 Å². The Morgan fingerprint density at radius 2 is 1.54 bits per heavy atom. The second kappa shape index (κ2) is 10.3. The van der Waals surface area contributed by atoms with Crippen LogP contribution in [0, 0.1) is 5.82 Å². The smallest absolute Gasteiger partial charge is 0.406 e. The van der Waals surface area contributed by atoms with Crippen LogP contribution in [0.3, 0.4) is 0 Å². The highest BCUT2D eigenvalue weighted by molar-refractivity contribution is 6.30. The Morgan fingerprint density at radius 1 is 0.857 bits per heavy atom. The maximum Gasteiger partial charge on any atom is 0.573 e. The first-order valence-corrected chi connectivity index (χ1v) is 10.3. The lowest BCUT2D eigenvalue weighted by Crippen LogP contribution is -2.17. The normalized spacial score (nSPS) is 11.5. The van der Waals surface area contributed by atoms with Gasteiger partial charge >= 0.3 is 6.36 Å². The fourth-order valence-electron chi connectivity index (χ4n) is 2.83. The third-order valence-electron chi connectivity index (χ3n) is 4.34. The number of aromatic nitrogens is 3. The Balaban J connectivity index is 1.56.